The van der Waals surface area contributed by atoms with Crippen molar-refractivity contribution in [3.63, 3.8) is 0 Å². The number of para-hydroxylation sites is 2. The smallest absolute Gasteiger partial charge is 0.135 e. The summed E-state index contributed by atoms with van der Waals surface area (Å²) < 4.78 is 15.5. The van der Waals surface area contributed by atoms with Crippen LogP contribution in [0.1, 0.15) is 64.0 Å². The molecular weight excluding hydrogens is 1280 g/mol. The van der Waals surface area contributed by atoms with E-state index in [1.165, 1.54) is 77.9 Å². The number of fused-ring (bicyclic) bond motifs is 5. The van der Waals surface area contributed by atoms with Crippen LogP contribution in [0, 0.1) is 18.8 Å². The van der Waals surface area contributed by atoms with Gasteiger partial charge in [0.05, 0.1) is 5.69 Å². The van der Waals surface area contributed by atoms with Crippen LogP contribution in [-0.4, -0.2) is 16.1 Å². The van der Waals surface area contributed by atoms with Gasteiger partial charge in [-0.1, -0.05) is 215 Å². The summed E-state index contributed by atoms with van der Waals surface area (Å²) in [5.74, 6) is 3.59. The van der Waals surface area contributed by atoms with E-state index < -0.39 is 0 Å². The van der Waals surface area contributed by atoms with E-state index in [0.29, 0.717) is 11.5 Å². The molecule has 0 saturated carbocycles. The number of hydrogen-bond acceptors (Lipinski definition) is 5. The summed E-state index contributed by atoms with van der Waals surface area (Å²) >= 11 is 0. The molecular formula is C83H67N4O2Pt-3. The molecule has 2 aliphatic rings. The minimum atomic E-state index is -0.0336. The molecule has 0 spiro atoms. The van der Waals surface area contributed by atoms with Gasteiger partial charge in [0.25, 0.3) is 0 Å². The minimum absolute atomic E-state index is 0. The number of benzene rings is 11. The van der Waals surface area contributed by atoms with Gasteiger partial charge >= 0.3 is 0 Å². The number of anilines is 3. The minimum Gasteiger partial charge on any atom is -0.513 e. The topological polar surface area (TPSA) is 42.8 Å². The van der Waals surface area contributed by atoms with Crippen molar-refractivity contribution in [1.82, 2.24) is 9.55 Å². The second-order valence-electron chi connectivity index (χ2n) is 24.5. The summed E-state index contributed by atoms with van der Waals surface area (Å²) in [7, 11) is 0. The first-order valence-electron chi connectivity index (χ1n) is 31.3. The summed E-state index contributed by atoms with van der Waals surface area (Å²) in [6.07, 6.45) is 8.34. The van der Waals surface area contributed by atoms with Gasteiger partial charge in [0, 0.05) is 55.7 Å². The fraction of sp³-hybridized carbons (Fsp3) is 0.133. The Kier molecular flexibility index (Phi) is 16.1. The fourth-order valence-electron chi connectivity index (χ4n) is 13.1. The van der Waals surface area contributed by atoms with E-state index in [4.69, 9.17) is 14.5 Å². The molecule has 4 heterocycles. The standard InChI is InChI=1S/C83H67N4O2.Pt/c1-83(2,3)67-44-45-84-81(53-67)87-75-37-21-20-34-73(75)74-42-40-68(54-77(74)87)88-69-41-43-79-78(55-69)86-56-85(76-38-24-39-80(89-79)82(76)86)46-22-6-4-5-19-33-72-70(65-49-61(57-25-11-7-12-26-57)47-62(50-65)58-27-13-8-14-28-58)35-23-36-71(72)66-51-63(59-29-15-9-16-30-59)48-64(52-66)60-31-17-10-18-32-60;/h7-18,20-21,23-32,34-45,47-53,56H,4-6,19,22,33,46H2,1-3H3;/q-3;. The molecule has 13 aromatic rings. The van der Waals surface area contributed by atoms with Gasteiger partial charge in [-0.3, -0.25) is 0 Å². The molecule has 0 bridgehead atoms. The molecule has 15 rings (SSSR count). The molecule has 0 saturated heterocycles. The first kappa shape index (κ1) is 58.0. The quantitative estimate of drug-likeness (QED) is 0.0671. The molecule has 444 valence electrons. The predicted octanol–water partition coefficient (Wildman–Crippen LogP) is 22.2. The van der Waals surface area contributed by atoms with Crippen molar-refractivity contribution in [3.05, 3.63) is 291 Å². The summed E-state index contributed by atoms with van der Waals surface area (Å²) in [4.78, 5) is 9.48. The number of nitrogens with zero attached hydrogens (tertiary/aromatic N) is 4. The molecule has 7 heteroatoms. The Labute approximate surface area is 543 Å². The Morgan fingerprint density at radius 3 is 1.61 bits per heavy atom. The van der Waals surface area contributed by atoms with Crippen LogP contribution in [-0.2, 0) is 32.9 Å². The Balaban J connectivity index is 0.00000707. The maximum absolute atomic E-state index is 6.67. The second kappa shape index (κ2) is 25.0. The molecule has 0 unspecified atom stereocenters. The van der Waals surface area contributed by atoms with E-state index in [0.717, 1.165) is 101 Å². The van der Waals surface area contributed by atoms with E-state index in [9.17, 15) is 0 Å². The molecule has 2 aliphatic heterocycles. The Morgan fingerprint density at radius 2 is 1.00 bits per heavy atom. The molecule has 11 aromatic carbocycles. The second-order valence-corrected chi connectivity index (χ2v) is 24.5. The maximum Gasteiger partial charge on any atom is 0.135 e. The van der Waals surface area contributed by atoms with Gasteiger partial charge in [-0.25, -0.2) is 4.98 Å². The van der Waals surface area contributed by atoms with Gasteiger partial charge in [-0.05, 0) is 181 Å². The predicted molar refractivity (Wildman–Crippen MR) is 368 cm³/mol. The van der Waals surface area contributed by atoms with Gasteiger partial charge in [-0.2, -0.15) is 12.7 Å². The SMILES string of the molecule is CC(C)(C)c1ccnc(-n2c3[c-]c(Oc4[c-]c5c(cc4)Oc4cccc6c4N5[CH-]N6CCCCCCCc4c(-c5cc(-c6ccccc6)cc(-c6ccccc6)c5)cccc4-c4cc(-c5ccccc5)cc(-c5ccccc5)c4)ccc3c3ccccc32)c1.[Pt]. The zero-order valence-electron chi connectivity index (χ0n) is 50.8. The van der Waals surface area contributed by atoms with Crippen LogP contribution in [0.25, 0.3) is 94.4 Å². The van der Waals surface area contributed by atoms with Crippen LogP contribution in [0.4, 0.5) is 17.1 Å². The zero-order valence-corrected chi connectivity index (χ0v) is 53.0. The third-order valence-electron chi connectivity index (χ3n) is 17.6. The van der Waals surface area contributed by atoms with Crippen LogP contribution < -0.4 is 19.3 Å². The molecule has 0 N–H and O–H groups in total. The van der Waals surface area contributed by atoms with Crippen LogP contribution in [0.5, 0.6) is 23.0 Å². The first-order chi connectivity index (χ1) is 43.7. The number of rotatable bonds is 17. The fourth-order valence-corrected chi connectivity index (χ4v) is 13.1. The van der Waals surface area contributed by atoms with Crippen LogP contribution >= 0.6 is 0 Å². The van der Waals surface area contributed by atoms with E-state index in [1.54, 1.807) is 0 Å². The van der Waals surface area contributed by atoms with Crippen molar-refractivity contribution < 1.29 is 30.5 Å². The molecule has 0 fully saturated rings. The van der Waals surface area contributed by atoms with E-state index in [2.05, 4.69) is 291 Å². The molecule has 90 heavy (non-hydrogen) atoms. The van der Waals surface area contributed by atoms with Gasteiger partial charge in [0.1, 0.15) is 11.6 Å². The van der Waals surface area contributed by atoms with Crippen molar-refractivity contribution in [2.24, 2.45) is 0 Å². The van der Waals surface area contributed by atoms with Crippen molar-refractivity contribution in [2.45, 2.75) is 64.7 Å². The number of hydrogen-bond donors (Lipinski definition) is 0. The van der Waals surface area contributed by atoms with Crippen molar-refractivity contribution in [2.75, 3.05) is 16.3 Å². The number of aromatic nitrogens is 2. The Morgan fingerprint density at radius 1 is 0.467 bits per heavy atom. The molecule has 0 amide bonds. The van der Waals surface area contributed by atoms with Crippen molar-refractivity contribution >= 4 is 38.9 Å². The largest absolute Gasteiger partial charge is 0.513 e. The van der Waals surface area contributed by atoms with Gasteiger partial charge < -0.3 is 23.8 Å². The summed E-state index contributed by atoms with van der Waals surface area (Å²) in [6.45, 7) is 9.79. The number of ether oxygens (including phenoxy) is 2. The maximum atomic E-state index is 6.67. The first-order valence-corrected chi connectivity index (χ1v) is 31.3. The molecule has 0 atom stereocenters. The van der Waals surface area contributed by atoms with Crippen LogP contribution in [0.3, 0.4) is 0 Å². The van der Waals surface area contributed by atoms with E-state index in [-0.39, 0.29) is 26.5 Å². The summed E-state index contributed by atoms with van der Waals surface area (Å²) in [5.41, 5.74) is 22.2. The van der Waals surface area contributed by atoms with Crippen molar-refractivity contribution in [1.29, 1.82) is 0 Å². The summed E-state index contributed by atoms with van der Waals surface area (Å²) in [5, 5.41) is 2.23. The normalized spacial score (nSPS) is 12.4. The Hall–Kier alpha value is -9.74. The van der Waals surface area contributed by atoms with Crippen LogP contribution in [0.15, 0.2) is 261 Å². The average Bonchev–Trinajstić information content (AvgIpc) is 1.58. The molecule has 6 nitrogen and oxygen atoms in total. The molecule has 0 aliphatic carbocycles. The third-order valence-corrected chi connectivity index (χ3v) is 17.6. The molecule has 0 radical (unpaired) electrons. The van der Waals surface area contributed by atoms with Crippen molar-refractivity contribution in [3.8, 4) is 95.6 Å². The number of pyridine rings is 1. The van der Waals surface area contributed by atoms with E-state index >= 15 is 0 Å². The average molecular weight is 1350 g/mol. The van der Waals surface area contributed by atoms with Gasteiger partial charge in [0.2, 0.25) is 0 Å². The van der Waals surface area contributed by atoms with Gasteiger partial charge in [-0.15, -0.1) is 35.7 Å². The van der Waals surface area contributed by atoms with E-state index in [1.807, 2.05) is 24.4 Å². The third kappa shape index (κ3) is 11.5. The molecule has 2 aromatic heterocycles. The Bertz CT molecular complexity index is 4470. The van der Waals surface area contributed by atoms with Crippen LogP contribution in [0.2, 0.25) is 0 Å². The zero-order chi connectivity index (χ0) is 59.8. The monoisotopic (exact) mass is 1350 g/mol. The summed E-state index contributed by atoms with van der Waals surface area (Å²) in [6, 6.07) is 99.0. The number of unbranched alkanes of at least 4 members (excludes halogenated alkanes) is 4. The van der Waals surface area contributed by atoms with Gasteiger partial charge in [0.15, 0.2) is 0 Å².